The average molecular weight is 170 g/mol. The van der Waals surface area contributed by atoms with Gasteiger partial charge in [-0.15, -0.1) is 0 Å². The molecule has 0 spiro atoms. The first-order chi connectivity index (χ1) is 5.53. The molecule has 68 valence electrons. The molecule has 0 radical (unpaired) electrons. The summed E-state index contributed by atoms with van der Waals surface area (Å²) in [5.41, 5.74) is -0.420. The molecule has 12 heavy (non-hydrogen) atoms. The van der Waals surface area contributed by atoms with E-state index < -0.39 is 5.60 Å². The average Bonchev–Trinajstić information content (AvgIpc) is 1.82. The molecule has 0 bridgehead atoms. The molecule has 0 atom stereocenters. The predicted molar refractivity (Wildman–Crippen MR) is 44.5 cm³/mol. The van der Waals surface area contributed by atoms with Crippen molar-refractivity contribution in [1.82, 2.24) is 0 Å². The van der Waals surface area contributed by atoms with Crippen molar-refractivity contribution < 1.29 is 14.3 Å². The number of rotatable bonds is 2. The topological polar surface area (TPSA) is 35.5 Å². The van der Waals surface area contributed by atoms with E-state index in [1.54, 1.807) is 0 Å². The van der Waals surface area contributed by atoms with Gasteiger partial charge in [0.15, 0.2) is 0 Å². The highest BCUT2D eigenvalue weighted by Crippen LogP contribution is 2.25. The van der Waals surface area contributed by atoms with Crippen LogP contribution in [0.4, 0.5) is 0 Å². The summed E-state index contributed by atoms with van der Waals surface area (Å²) in [5, 5.41) is 0. The van der Waals surface area contributed by atoms with Crippen LogP contribution in [0.3, 0.4) is 0 Å². The van der Waals surface area contributed by atoms with Crippen LogP contribution in [0.15, 0.2) is 11.8 Å². The summed E-state index contributed by atoms with van der Waals surface area (Å²) in [6.07, 6.45) is 2.07. The summed E-state index contributed by atoms with van der Waals surface area (Å²) >= 11 is 0. The van der Waals surface area contributed by atoms with Gasteiger partial charge in [-0.05, 0) is 20.8 Å². The summed E-state index contributed by atoms with van der Waals surface area (Å²) < 4.78 is 10.3. The number of ether oxygens (including phenoxy) is 2. The maximum Gasteiger partial charge on any atom is 0.334 e. The van der Waals surface area contributed by atoms with Crippen molar-refractivity contribution in [2.24, 2.45) is 0 Å². The molecule has 0 aromatic heterocycles. The van der Waals surface area contributed by atoms with Gasteiger partial charge in [-0.3, -0.25) is 0 Å². The molecule has 3 nitrogen and oxygen atoms in total. The lowest BCUT2D eigenvalue weighted by atomic mass is 10.0. The zero-order chi connectivity index (χ0) is 9.19. The van der Waals surface area contributed by atoms with Gasteiger partial charge in [0.05, 0.1) is 12.7 Å². The molecular formula is C9H14O3. The first-order valence-electron chi connectivity index (χ1n) is 4.10. The SMILES string of the molecule is CCOC1=CC(=O)OC(C)(C)C1. The van der Waals surface area contributed by atoms with E-state index >= 15 is 0 Å². The maximum absolute atomic E-state index is 11.0. The zero-order valence-corrected chi connectivity index (χ0v) is 7.72. The van der Waals surface area contributed by atoms with Gasteiger partial charge >= 0.3 is 5.97 Å². The molecule has 0 aromatic rings. The highest BCUT2D eigenvalue weighted by molar-refractivity contribution is 5.83. The lowest BCUT2D eigenvalue weighted by Gasteiger charge is -2.29. The van der Waals surface area contributed by atoms with Crippen LogP contribution < -0.4 is 0 Å². The molecule has 0 unspecified atom stereocenters. The number of esters is 1. The summed E-state index contributed by atoms with van der Waals surface area (Å²) in [6, 6.07) is 0. The lowest BCUT2D eigenvalue weighted by Crippen LogP contribution is -2.32. The van der Waals surface area contributed by atoms with Crippen LogP contribution in [0.2, 0.25) is 0 Å². The molecule has 0 N–H and O–H groups in total. The van der Waals surface area contributed by atoms with Gasteiger partial charge in [0, 0.05) is 6.42 Å². The molecule has 0 fully saturated rings. The van der Waals surface area contributed by atoms with Crippen LogP contribution in [0.1, 0.15) is 27.2 Å². The largest absolute Gasteiger partial charge is 0.498 e. The molecule has 1 aliphatic rings. The second-order valence-electron chi connectivity index (χ2n) is 3.40. The highest BCUT2D eigenvalue weighted by atomic mass is 16.6. The molecule has 0 saturated heterocycles. The van der Waals surface area contributed by atoms with Crippen molar-refractivity contribution in [3.63, 3.8) is 0 Å². The van der Waals surface area contributed by atoms with Gasteiger partial charge in [0.1, 0.15) is 11.4 Å². The van der Waals surface area contributed by atoms with Crippen LogP contribution in [0, 0.1) is 0 Å². The second-order valence-corrected chi connectivity index (χ2v) is 3.40. The number of cyclic esters (lactones) is 1. The Bertz CT molecular complexity index is 216. The van der Waals surface area contributed by atoms with Gasteiger partial charge in [-0.1, -0.05) is 0 Å². The summed E-state index contributed by atoms with van der Waals surface area (Å²) in [5.74, 6) is 0.411. The van der Waals surface area contributed by atoms with Crippen LogP contribution >= 0.6 is 0 Å². The number of hydrogen-bond donors (Lipinski definition) is 0. The Morgan fingerprint density at radius 2 is 2.33 bits per heavy atom. The predicted octanol–water partition coefficient (Wildman–Crippen LogP) is 1.63. The fraction of sp³-hybridized carbons (Fsp3) is 0.667. The van der Waals surface area contributed by atoms with Crippen LogP contribution in [-0.2, 0) is 14.3 Å². The van der Waals surface area contributed by atoms with Crippen molar-refractivity contribution >= 4 is 5.97 Å². The molecule has 0 amide bonds. The van der Waals surface area contributed by atoms with Crippen molar-refractivity contribution in [2.45, 2.75) is 32.8 Å². The monoisotopic (exact) mass is 170 g/mol. The quantitative estimate of drug-likeness (QED) is 0.591. The highest BCUT2D eigenvalue weighted by Gasteiger charge is 2.29. The first kappa shape index (κ1) is 9.10. The van der Waals surface area contributed by atoms with Gasteiger partial charge in [0.2, 0.25) is 0 Å². The Morgan fingerprint density at radius 3 is 2.83 bits per heavy atom. The zero-order valence-electron chi connectivity index (χ0n) is 7.72. The molecule has 0 saturated carbocycles. The molecule has 0 aliphatic carbocycles. The number of carbonyl (C=O) groups excluding carboxylic acids is 1. The Morgan fingerprint density at radius 1 is 1.67 bits per heavy atom. The Hall–Kier alpha value is -0.990. The van der Waals surface area contributed by atoms with Gasteiger partial charge in [-0.25, -0.2) is 4.79 Å². The number of hydrogen-bond acceptors (Lipinski definition) is 3. The standard InChI is InChI=1S/C9H14O3/c1-4-11-7-5-8(10)12-9(2,3)6-7/h5H,4,6H2,1-3H3. The minimum Gasteiger partial charge on any atom is -0.498 e. The summed E-state index contributed by atoms with van der Waals surface area (Å²) in [7, 11) is 0. The molecule has 1 aliphatic heterocycles. The molecule has 3 heteroatoms. The smallest absolute Gasteiger partial charge is 0.334 e. The van der Waals surface area contributed by atoms with Crippen LogP contribution in [0.25, 0.3) is 0 Å². The third-order valence-corrected chi connectivity index (χ3v) is 1.59. The Labute approximate surface area is 72.4 Å². The minimum atomic E-state index is -0.420. The van der Waals surface area contributed by atoms with Crippen molar-refractivity contribution in [3.05, 3.63) is 11.8 Å². The number of carbonyl (C=O) groups is 1. The van der Waals surface area contributed by atoms with Gasteiger partial charge in [-0.2, -0.15) is 0 Å². The summed E-state index contributed by atoms with van der Waals surface area (Å²) in [4.78, 5) is 11.0. The second kappa shape index (κ2) is 3.17. The van der Waals surface area contributed by atoms with E-state index in [9.17, 15) is 4.79 Å². The van der Waals surface area contributed by atoms with Crippen LogP contribution in [0.5, 0.6) is 0 Å². The van der Waals surface area contributed by atoms with Crippen molar-refractivity contribution in [1.29, 1.82) is 0 Å². The fourth-order valence-corrected chi connectivity index (χ4v) is 1.22. The Kier molecular flexibility index (Phi) is 2.40. The van der Waals surface area contributed by atoms with E-state index in [0.29, 0.717) is 13.0 Å². The van der Waals surface area contributed by atoms with E-state index in [1.165, 1.54) is 6.08 Å². The van der Waals surface area contributed by atoms with Crippen LogP contribution in [-0.4, -0.2) is 18.2 Å². The maximum atomic E-state index is 11.0. The van der Waals surface area contributed by atoms with E-state index in [2.05, 4.69) is 0 Å². The first-order valence-corrected chi connectivity index (χ1v) is 4.10. The normalized spacial score (nSPS) is 21.2. The van der Waals surface area contributed by atoms with E-state index in [1.807, 2.05) is 20.8 Å². The molecule has 0 aromatic carbocycles. The fourth-order valence-electron chi connectivity index (χ4n) is 1.22. The van der Waals surface area contributed by atoms with Gasteiger partial charge < -0.3 is 9.47 Å². The molecule has 1 rings (SSSR count). The lowest BCUT2D eigenvalue weighted by molar-refractivity contribution is -0.153. The van der Waals surface area contributed by atoms with E-state index in [0.717, 1.165) is 5.76 Å². The van der Waals surface area contributed by atoms with E-state index in [4.69, 9.17) is 9.47 Å². The van der Waals surface area contributed by atoms with Gasteiger partial charge in [0.25, 0.3) is 0 Å². The Balaban J connectivity index is 2.69. The van der Waals surface area contributed by atoms with E-state index in [-0.39, 0.29) is 5.97 Å². The van der Waals surface area contributed by atoms with Crippen molar-refractivity contribution in [3.8, 4) is 0 Å². The van der Waals surface area contributed by atoms with Crippen molar-refractivity contribution in [2.75, 3.05) is 6.61 Å². The third kappa shape index (κ3) is 2.26. The molecular weight excluding hydrogens is 156 g/mol. The third-order valence-electron chi connectivity index (χ3n) is 1.59. The minimum absolute atomic E-state index is 0.310. The summed E-state index contributed by atoms with van der Waals surface area (Å²) in [6.45, 7) is 6.23. The molecule has 1 heterocycles.